The molecule has 1 fully saturated rings. The van der Waals surface area contributed by atoms with Gasteiger partial charge in [0.15, 0.2) is 0 Å². The van der Waals surface area contributed by atoms with Crippen LogP contribution in [-0.2, 0) is 27.8 Å². The van der Waals surface area contributed by atoms with E-state index in [4.69, 9.17) is 9.47 Å². The quantitative estimate of drug-likeness (QED) is 0.611. The number of aryl methyl sites for hydroxylation is 1. The largest absolute Gasteiger partial charge is 0.493 e. The minimum absolute atomic E-state index is 0.112. The van der Waals surface area contributed by atoms with E-state index in [-0.39, 0.29) is 17.5 Å². The summed E-state index contributed by atoms with van der Waals surface area (Å²) in [6.07, 6.45) is 5.99. The highest BCUT2D eigenvalue weighted by molar-refractivity contribution is 7.92. The molecule has 0 saturated carbocycles. The molecule has 2 aromatic rings. The maximum absolute atomic E-state index is 13.8. The Bertz CT molecular complexity index is 1090. The lowest BCUT2D eigenvalue weighted by Crippen LogP contribution is -2.43. The molecule has 1 saturated heterocycles. The van der Waals surface area contributed by atoms with Gasteiger partial charge in [0.25, 0.3) is 10.0 Å². The monoisotopic (exact) mass is 471 g/mol. The fraction of sp³-hybridized carbons (Fsp3) is 0.462. The molecular weight excluding hydrogens is 438 g/mol. The average Bonchev–Trinajstić information content (AvgIpc) is 2.86. The van der Waals surface area contributed by atoms with Gasteiger partial charge in [-0.15, -0.1) is 0 Å². The molecule has 0 radical (unpaired) electrons. The molecule has 0 aliphatic carbocycles. The molecule has 0 amide bonds. The van der Waals surface area contributed by atoms with Crippen molar-refractivity contribution in [3.63, 3.8) is 0 Å². The molecule has 2 heterocycles. The Hall–Kier alpha value is -2.35. The van der Waals surface area contributed by atoms with Crippen LogP contribution < -0.4 is 9.04 Å². The maximum atomic E-state index is 13.8. The van der Waals surface area contributed by atoms with Crippen molar-refractivity contribution in [2.24, 2.45) is 5.92 Å². The summed E-state index contributed by atoms with van der Waals surface area (Å²) in [5.74, 6) is 0.939. The number of hydrogen-bond acceptors (Lipinski definition) is 5. The van der Waals surface area contributed by atoms with Crippen molar-refractivity contribution in [3.05, 3.63) is 59.7 Å². The summed E-state index contributed by atoms with van der Waals surface area (Å²) < 4.78 is 40.6. The van der Waals surface area contributed by atoms with E-state index in [2.05, 4.69) is 6.58 Å². The van der Waals surface area contributed by atoms with Crippen LogP contribution in [0.25, 0.3) is 6.08 Å². The van der Waals surface area contributed by atoms with Crippen LogP contribution in [0.1, 0.15) is 49.3 Å². The standard InChI is InChI=1S/C26H33NO5S/c1-3-19-5-9-25-21(15-19)6-7-23(4-2)27(25)33(29,30)24-8-10-26(22(16-24)17-28)32-18-20-11-13-31-14-12-20/h3,5,8-10,15-16,20,23,28H,1,4,6-7,11-14,17-18H2,2H3. The van der Waals surface area contributed by atoms with Gasteiger partial charge in [0.1, 0.15) is 5.75 Å². The van der Waals surface area contributed by atoms with E-state index in [9.17, 15) is 13.5 Å². The molecule has 1 N–H and O–H groups in total. The molecule has 2 aliphatic rings. The van der Waals surface area contributed by atoms with E-state index in [0.29, 0.717) is 23.8 Å². The van der Waals surface area contributed by atoms with Crippen molar-refractivity contribution in [1.29, 1.82) is 0 Å². The number of fused-ring (bicyclic) bond motifs is 1. The summed E-state index contributed by atoms with van der Waals surface area (Å²) in [7, 11) is -3.82. The fourth-order valence-electron chi connectivity index (χ4n) is 4.69. The molecule has 33 heavy (non-hydrogen) atoms. The van der Waals surface area contributed by atoms with Crippen LogP contribution in [0, 0.1) is 5.92 Å². The van der Waals surface area contributed by atoms with Crippen LogP contribution in [0.2, 0.25) is 0 Å². The highest BCUT2D eigenvalue weighted by Gasteiger charge is 2.35. The molecule has 1 atom stereocenters. The zero-order valence-electron chi connectivity index (χ0n) is 19.2. The van der Waals surface area contributed by atoms with Crippen LogP contribution in [0.4, 0.5) is 5.69 Å². The lowest BCUT2D eigenvalue weighted by atomic mass is 9.95. The zero-order chi connectivity index (χ0) is 23.4. The third-order valence-corrected chi connectivity index (χ3v) is 8.56. The topological polar surface area (TPSA) is 76.1 Å². The van der Waals surface area contributed by atoms with Gasteiger partial charge in [0.2, 0.25) is 0 Å². The predicted molar refractivity (Wildman–Crippen MR) is 130 cm³/mol. The molecule has 1 unspecified atom stereocenters. The minimum atomic E-state index is -3.82. The summed E-state index contributed by atoms with van der Waals surface area (Å²) in [5, 5.41) is 9.95. The van der Waals surface area contributed by atoms with Gasteiger partial charge < -0.3 is 14.6 Å². The first-order chi connectivity index (χ1) is 16.0. The molecule has 4 rings (SSSR count). The Labute approximate surface area is 196 Å². The van der Waals surface area contributed by atoms with E-state index in [1.165, 1.54) is 0 Å². The van der Waals surface area contributed by atoms with Crippen molar-refractivity contribution in [2.75, 3.05) is 24.1 Å². The summed E-state index contributed by atoms with van der Waals surface area (Å²) in [4.78, 5) is 0.170. The smallest absolute Gasteiger partial charge is 0.264 e. The van der Waals surface area contributed by atoms with Gasteiger partial charge in [-0.05, 0) is 79.5 Å². The molecule has 2 aliphatic heterocycles. The van der Waals surface area contributed by atoms with Crippen molar-refractivity contribution < 1.29 is 23.0 Å². The second kappa shape index (κ2) is 10.3. The Morgan fingerprint density at radius 2 is 1.97 bits per heavy atom. The van der Waals surface area contributed by atoms with E-state index in [0.717, 1.165) is 62.1 Å². The molecule has 178 valence electrons. The third-order valence-electron chi connectivity index (χ3n) is 6.70. The number of benzene rings is 2. The van der Waals surface area contributed by atoms with Crippen LogP contribution in [0.3, 0.4) is 0 Å². The molecule has 6 nitrogen and oxygen atoms in total. The van der Waals surface area contributed by atoms with Crippen molar-refractivity contribution in [2.45, 2.75) is 56.6 Å². The van der Waals surface area contributed by atoms with E-state index in [1.54, 1.807) is 28.6 Å². The molecule has 7 heteroatoms. The van der Waals surface area contributed by atoms with Crippen molar-refractivity contribution in [3.8, 4) is 5.75 Å². The lowest BCUT2D eigenvalue weighted by Gasteiger charge is -2.37. The van der Waals surface area contributed by atoms with Gasteiger partial charge in [-0.3, -0.25) is 4.31 Å². The van der Waals surface area contributed by atoms with Gasteiger partial charge in [-0.25, -0.2) is 8.42 Å². The lowest BCUT2D eigenvalue weighted by molar-refractivity contribution is 0.0494. The Morgan fingerprint density at radius 3 is 2.67 bits per heavy atom. The zero-order valence-corrected chi connectivity index (χ0v) is 20.0. The third kappa shape index (κ3) is 4.95. The van der Waals surface area contributed by atoms with E-state index >= 15 is 0 Å². The summed E-state index contributed by atoms with van der Waals surface area (Å²) >= 11 is 0. The van der Waals surface area contributed by atoms with Crippen LogP contribution >= 0.6 is 0 Å². The van der Waals surface area contributed by atoms with Crippen LogP contribution in [-0.4, -0.2) is 39.4 Å². The van der Waals surface area contributed by atoms with Crippen molar-refractivity contribution >= 4 is 21.8 Å². The maximum Gasteiger partial charge on any atom is 0.264 e. The number of rotatable bonds is 8. The molecule has 0 spiro atoms. The number of hydrogen-bond donors (Lipinski definition) is 1. The fourth-order valence-corrected chi connectivity index (χ4v) is 6.54. The SMILES string of the molecule is C=Cc1ccc2c(c1)CCC(CC)N2S(=O)(=O)c1ccc(OCC2CCOCC2)c(CO)c1. The predicted octanol–water partition coefficient (Wildman–Crippen LogP) is 4.55. The second-order valence-corrected chi connectivity index (χ2v) is 10.6. The Morgan fingerprint density at radius 1 is 1.18 bits per heavy atom. The number of aliphatic hydroxyl groups excluding tert-OH is 1. The summed E-state index contributed by atoms with van der Waals surface area (Å²) in [6.45, 7) is 7.56. The van der Waals surface area contributed by atoms with Gasteiger partial charge in [0.05, 0.1) is 23.8 Å². The first-order valence-electron chi connectivity index (χ1n) is 11.7. The van der Waals surface area contributed by atoms with Gasteiger partial charge in [-0.2, -0.15) is 0 Å². The van der Waals surface area contributed by atoms with Crippen LogP contribution in [0.5, 0.6) is 5.75 Å². The number of aliphatic hydroxyl groups is 1. The van der Waals surface area contributed by atoms with Crippen LogP contribution in [0.15, 0.2) is 47.9 Å². The Kier molecular flexibility index (Phi) is 7.41. The molecular formula is C26H33NO5S. The number of sulfonamides is 1. The first kappa shape index (κ1) is 23.8. The van der Waals surface area contributed by atoms with Gasteiger partial charge >= 0.3 is 0 Å². The Balaban J connectivity index is 1.64. The first-order valence-corrected chi connectivity index (χ1v) is 13.2. The molecule has 0 aromatic heterocycles. The van der Waals surface area contributed by atoms with E-state index < -0.39 is 10.0 Å². The number of ether oxygens (including phenoxy) is 2. The highest BCUT2D eigenvalue weighted by atomic mass is 32.2. The normalized spacial score (nSPS) is 19.2. The number of anilines is 1. The highest BCUT2D eigenvalue weighted by Crippen LogP contribution is 2.38. The van der Waals surface area contributed by atoms with Gasteiger partial charge in [0, 0.05) is 24.8 Å². The average molecular weight is 472 g/mol. The second-order valence-electron chi connectivity index (χ2n) is 8.79. The van der Waals surface area contributed by atoms with Gasteiger partial charge in [-0.1, -0.05) is 25.6 Å². The summed E-state index contributed by atoms with van der Waals surface area (Å²) in [5.41, 5.74) is 3.20. The molecule has 0 bridgehead atoms. The summed E-state index contributed by atoms with van der Waals surface area (Å²) in [6, 6.07) is 10.5. The molecule has 2 aromatic carbocycles. The minimum Gasteiger partial charge on any atom is -0.493 e. The number of nitrogens with zero attached hydrogens (tertiary/aromatic N) is 1. The van der Waals surface area contributed by atoms with Crippen molar-refractivity contribution in [1.82, 2.24) is 0 Å². The van der Waals surface area contributed by atoms with E-state index in [1.807, 2.05) is 25.1 Å².